The molecule has 2 heterocycles. The van der Waals surface area contributed by atoms with Gasteiger partial charge in [-0.3, -0.25) is 5.10 Å². The van der Waals surface area contributed by atoms with E-state index in [4.69, 9.17) is 0 Å². The molecule has 2 rings (SSSR count). The molecular formula is C12H20BrN3O2S. The maximum absolute atomic E-state index is 12.8. The largest absolute Gasteiger partial charge is 0.281 e. The van der Waals surface area contributed by atoms with Crippen molar-refractivity contribution >= 4 is 26.0 Å². The number of nitrogens with zero attached hydrogens (tertiary/aromatic N) is 2. The third kappa shape index (κ3) is 2.87. The SMILES string of the molecule is Cc1n[nH]c(C)c1S(=O)(=O)N1CCCC1CCCBr. The van der Waals surface area contributed by atoms with Gasteiger partial charge in [0.25, 0.3) is 0 Å². The number of hydrogen-bond acceptors (Lipinski definition) is 3. The minimum absolute atomic E-state index is 0.135. The second-order valence-electron chi connectivity index (χ2n) is 5.01. The third-order valence-corrected chi connectivity index (χ3v) is 6.40. The summed E-state index contributed by atoms with van der Waals surface area (Å²) in [6.45, 7) is 4.12. The Kier molecular flexibility index (Phi) is 4.68. The van der Waals surface area contributed by atoms with E-state index in [1.807, 2.05) is 0 Å². The number of alkyl halides is 1. The molecule has 5 nitrogen and oxygen atoms in total. The minimum Gasteiger partial charge on any atom is -0.281 e. The fraction of sp³-hybridized carbons (Fsp3) is 0.750. The molecule has 0 amide bonds. The monoisotopic (exact) mass is 349 g/mol. The van der Waals surface area contributed by atoms with E-state index in [1.165, 1.54) is 0 Å². The number of sulfonamides is 1. The quantitative estimate of drug-likeness (QED) is 0.829. The van der Waals surface area contributed by atoms with Gasteiger partial charge >= 0.3 is 0 Å². The van der Waals surface area contributed by atoms with Crippen LogP contribution in [0.3, 0.4) is 0 Å². The Hall–Kier alpha value is -0.400. The summed E-state index contributed by atoms with van der Waals surface area (Å²) in [5.41, 5.74) is 1.19. The Balaban J connectivity index is 2.29. The van der Waals surface area contributed by atoms with Crippen molar-refractivity contribution in [3.8, 4) is 0 Å². The first-order valence-electron chi connectivity index (χ1n) is 6.58. The van der Waals surface area contributed by atoms with Crippen LogP contribution in [0.15, 0.2) is 4.90 Å². The molecular weight excluding hydrogens is 330 g/mol. The number of aromatic amines is 1. The minimum atomic E-state index is -3.41. The second kappa shape index (κ2) is 5.93. The first kappa shape index (κ1) is 15.0. The van der Waals surface area contributed by atoms with Crippen molar-refractivity contribution in [2.24, 2.45) is 0 Å². The molecule has 0 aromatic carbocycles. The van der Waals surface area contributed by atoms with E-state index in [1.54, 1.807) is 18.2 Å². The molecule has 0 radical (unpaired) electrons. The zero-order chi connectivity index (χ0) is 14.0. The molecule has 1 aliphatic rings. The number of H-pyrrole nitrogens is 1. The Morgan fingerprint density at radius 3 is 2.79 bits per heavy atom. The van der Waals surface area contributed by atoms with Gasteiger partial charge in [-0.15, -0.1) is 0 Å². The van der Waals surface area contributed by atoms with Crippen LogP contribution in [0.5, 0.6) is 0 Å². The number of rotatable bonds is 5. The highest BCUT2D eigenvalue weighted by molar-refractivity contribution is 9.09. The highest BCUT2D eigenvalue weighted by Gasteiger charge is 2.37. The average Bonchev–Trinajstić information content (AvgIpc) is 2.94. The van der Waals surface area contributed by atoms with E-state index < -0.39 is 10.0 Å². The third-order valence-electron chi connectivity index (χ3n) is 3.62. The highest BCUT2D eigenvalue weighted by Crippen LogP contribution is 2.30. The lowest BCUT2D eigenvalue weighted by Crippen LogP contribution is -2.36. The van der Waals surface area contributed by atoms with E-state index >= 15 is 0 Å². The van der Waals surface area contributed by atoms with Gasteiger partial charge in [0.2, 0.25) is 10.0 Å². The summed E-state index contributed by atoms with van der Waals surface area (Å²) in [5, 5.41) is 7.68. The normalized spacial score (nSPS) is 21.1. The van der Waals surface area contributed by atoms with E-state index in [0.29, 0.717) is 22.8 Å². The lowest BCUT2D eigenvalue weighted by Gasteiger charge is -2.24. The molecule has 0 aliphatic carbocycles. The fourth-order valence-electron chi connectivity index (χ4n) is 2.76. The van der Waals surface area contributed by atoms with Crippen LogP contribution < -0.4 is 0 Å². The number of aryl methyl sites for hydroxylation is 2. The lowest BCUT2D eigenvalue weighted by molar-refractivity contribution is 0.368. The summed E-state index contributed by atoms with van der Waals surface area (Å²) < 4.78 is 27.2. The molecule has 0 bridgehead atoms. The van der Waals surface area contributed by atoms with Crippen molar-refractivity contribution in [1.29, 1.82) is 0 Å². The predicted molar refractivity (Wildman–Crippen MR) is 78.0 cm³/mol. The van der Waals surface area contributed by atoms with Crippen LogP contribution in [-0.2, 0) is 10.0 Å². The van der Waals surface area contributed by atoms with Crippen molar-refractivity contribution in [2.75, 3.05) is 11.9 Å². The highest BCUT2D eigenvalue weighted by atomic mass is 79.9. The topological polar surface area (TPSA) is 66.1 Å². The molecule has 1 fully saturated rings. The van der Waals surface area contributed by atoms with Crippen LogP contribution in [-0.4, -0.2) is 40.8 Å². The molecule has 1 unspecified atom stereocenters. The summed E-state index contributed by atoms with van der Waals surface area (Å²) in [4.78, 5) is 0.359. The number of hydrogen-bond donors (Lipinski definition) is 1. The zero-order valence-corrected chi connectivity index (χ0v) is 13.7. The molecule has 19 heavy (non-hydrogen) atoms. The van der Waals surface area contributed by atoms with Gasteiger partial charge < -0.3 is 0 Å². The van der Waals surface area contributed by atoms with E-state index in [0.717, 1.165) is 31.0 Å². The summed E-state index contributed by atoms with van der Waals surface area (Å²) in [5.74, 6) is 0. The van der Waals surface area contributed by atoms with Crippen molar-refractivity contribution in [3.63, 3.8) is 0 Å². The smallest absolute Gasteiger partial charge is 0.246 e. The number of nitrogens with one attached hydrogen (secondary N) is 1. The Morgan fingerprint density at radius 1 is 1.47 bits per heavy atom. The van der Waals surface area contributed by atoms with Gasteiger partial charge in [-0.05, 0) is 39.5 Å². The summed E-state index contributed by atoms with van der Waals surface area (Å²) in [6, 6.07) is 0.135. The van der Waals surface area contributed by atoms with Gasteiger partial charge in [-0.25, -0.2) is 8.42 Å². The van der Waals surface area contributed by atoms with Gasteiger partial charge in [-0.1, -0.05) is 15.9 Å². The molecule has 108 valence electrons. The van der Waals surface area contributed by atoms with Crippen molar-refractivity contribution in [3.05, 3.63) is 11.4 Å². The van der Waals surface area contributed by atoms with E-state index in [2.05, 4.69) is 26.1 Å². The maximum Gasteiger partial charge on any atom is 0.246 e. The molecule has 1 aliphatic heterocycles. The summed E-state index contributed by atoms with van der Waals surface area (Å²) in [6.07, 6.45) is 3.82. The van der Waals surface area contributed by atoms with Crippen LogP contribution in [0, 0.1) is 13.8 Å². The van der Waals surface area contributed by atoms with Crippen LogP contribution in [0.2, 0.25) is 0 Å². The maximum atomic E-state index is 12.8. The number of halogens is 1. The van der Waals surface area contributed by atoms with Gasteiger partial charge in [0.15, 0.2) is 0 Å². The molecule has 1 N–H and O–H groups in total. The van der Waals surface area contributed by atoms with Gasteiger partial charge in [-0.2, -0.15) is 9.40 Å². The molecule has 1 aromatic rings. The van der Waals surface area contributed by atoms with Gasteiger partial charge in [0, 0.05) is 17.9 Å². The average molecular weight is 350 g/mol. The first-order chi connectivity index (χ1) is 8.98. The van der Waals surface area contributed by atoms with Crippen LogP contribution in [0.25, 0.3) is 0 Å². The van der Waals surface area contributed by atoms with E-state index in [-0.39, 0.29) is 6.04 Å². The zero-order valence-electron chi connectivity index (χ0n) is 11.3. The molecule has 1 saturated heterocycles. The second-order valence-corrected chi connectivity index (χ2v) is 7.63. The van der Waals surface area contributed by atoms with Crippen LogP contribution in [0.1, 0.15) is 37.1 Å². The first-order valence-corrected chi connectivity index (χ1v) is 9.14. The Labute approximate surface area is 122 Å². The molecule has 0 saturated carbocycles. The molecule has 7 heteroatoms. The summed E-state index contributed by atoms with van der Waals surface area (Å²) >= 11 is 3.41. The van der Waals surface area contributed by atoms with E-state index in [9.17, 15) is 8.42 Å². The lowest BCUT2D eigenvalue weighted by atomic mass is 10.1. The molecule has 0 spiro atoms. The fourth-order valence-corrected chi connectivity index (χ4v) is 5.15. The number of aromatic nitrogens is 2. The van der Waals surface area contributed by atoms with Gasteiger partial charge in [0.1, 0.15) is 4.90 Å². The van der Waals surface area contributed by atoms with Crippen molar-refractivity contribution in [1.82, 2.24) is 14.5 Å². The van der Waals surface area contributed by atoms with Crippen molar-refractivity contribution in [2.45, 2.75) is 50.5 Å². The standard InChI is InChI=1S/C12H20BrN3O2S/c1-9-12(10(2)15-14-9)19(17,18)16-8-4-6-11(16)5-3-7-13/h11H,3-8H2,1-2H3,(H,14,15). The Morgan fingerprint density at radius 2 is 2.21 bits per heavy atom. The van der Waals surface area contributed by atoms with Crippen LogP contribution >= 0.6 is 15.9 Å². The summed E-state index contributed by atoms with van der Waals surface area (Å²) in [7, 11) is -3.41. The van der Waals surface area contributed by atoms with Crippen LogP contribution in [0.4, 0.5) is 0 Å². The molecule has 1 atom stereocenters. The predicted octanol–water partition coefficient (Wildman–Crippen LogP) is 2.35. The Bertz CT molecular complexity index is 522. The van der Waals surface area contributed by atoms with Crippen molar-refractivity contribution < 1.29 is 8.42 Å². The van der Waals surface area contributed by atoms with Gasteiger partial charge in [0.05, 0.1) is 11.4 Å². The molecule has 1 aromatic heterocycles.